The number of unbranched alkanes of at least 4 members (excludes halogenated alkanes) is 12. The first-order valence-corrected chi connectivity index (χ1v) is 14.4. The van der Waals surface area contributed by atoms with Crippen LogP contribution in [0.15, 0.2) is 11.1 Å². The maximum absolute atomic E-state index is 13.1. The van der Waals surface area contributed by atoms with Crippen LogP contribution in [-0.4, -0.2) is 25.2 Å². The molecule has 0 amide bonds. The molecule has 0 heterocycles. The Kier molecular flexibility index (Phi) is 21.3. The molecule has 0 aliphatic rings. The summed E-state index contributed by atoms with van der Waals surface area (Å²) in [5.74, 6) is -0.107. The molecule has 34 heavy (non-hydrogen) atoms. The molecule has 0 aromatic rings. The van der Waals surface area contributed by atoms with E-state index in [0.29, 0.717) is 37.2 Å². The van der Waals surface area contributed by atoms with Crippen molar-refractivity contribution < 1.29 is 19.1 Å². The molecule has 0 fully saturated rings. The normalized spacial score (nSPS) is 12.2. The van der Waals surface area contributed by atoms with Crippen molar-refractivity contribution in [1.29, 1.82) is 0 Å². The maximum Gasteiger partial charge on any atom is 0.334 e. The molecule has 0 saturated heterocycles. The van der Waals surface area contributed by atoms with Gasteiger partial charge in [0, 0.05) is 11.1 Å². The van der Waals surface area contributed by atoms with Gasteiger partial charge in [0.25, 0.3) is 0 Å². The van der Waals surface area contributed by atoms with Crippen LogP contribution in [0.25, 0.3) is 0 Å². The van der Waals surface area contributed by atoms with Crippen LogP contribution in [0, 0.1) is 11.8 Å². The van der Waals surface area contributed by atoms with Crippen LogP contribution in [0.2, 0.25) is 0 Å². The first-order valence-electron chi connectivity index (χ1n) is 14.4. The van der Waals surface area contributed by atoms with Gasteiger partial charge in [-0.05, 0) is 37.5 Å². The molecule has 4 heteroatoms. The fraction of sp³-hybridized carbons (Fsp3) is 0.867. The molecule has 0 rings (SSSR count). The van der Waals surface area contributed by atoms with E-state index in [2.05, 4.69) is 13.8 Å². The minimum absolute atomic E-state index is 0.267. The molecule has 0 radical (unpaired) electrons. The number of hydrogen-bond donors (Lipinski definition) is 0. The van der Waals surface area contributed by atoms with Crippen LogP contribution in [-0.2, 0) is 19.1 Å². The largest absolute Gasteiger partial charge is 0.462 e. The number of carbonyl (C=O) groups is 2. The van der Waals surface area contributed by atoms with Gasteiger partial charge in [0.2, 0.25) is 0 Å². The molecule has 0 atom stereocenters. The summed E-state index contributed by atoms with van der Waals surface area (Å²) in [6.45, 7) is 13.3. The number of esters is 2. The Labute approximate surface area is 211 Å². The number of hydrogen-bond acceptors (Lipinski definition) is 4. The third-order valence-electron chi connectivity index (χ3n) is 6.01. The van der Waals surface area contributed by atoms with E-state index in [1.165, 1.54) is 64.2 Å². The quantitative estimate of drug-likeness (QED) is 0.0881. The summed E-state index contributed by atoms with van der Waals surface area (Å²) in [6.07, 6.45) is 17.7. The Morgan fingerprint density at radius 1 is 0.500 bits per heavy atom. The fourth-order valence-corrected chi connectivity index (χ4v) is 3.93. The third kappa shape index (κ3) is 18.1. The van der Waals surface area contributed by atoms with E-state index in [4.69, 9.17) is 9.47 Å². The van der Waals surface area contributed by atoms with Gasteiger partial charge in [-0.2, -0.15) is 0 Å². The van der Waals surface area contributed by atoms with Gasteiger partial charge in [-0.25, -0.2) is 9.59 Å². The van der Waals surface area contributed by atoms with Crippen molar-refractivity contribution in [3.8, 4) is 0 Å². The predicted molar refractivity (Wildman–Crippen MR) is 144 cm³/mol. The Balaban J connectivity index is 5.27. The standard InChI is InChI=1S/C30H56O4/c1-7-9-11-13-15-16-18-20-22-28(30(32)34-24-26(5)6)27(29(31)33-23-25(3)4)21-19-17-14-12-10-8-2/h25-26H,7-24H2,1-6H3/b28-27-. The van der Waals surface area contributed by atoms with Gasteiger partial charge in [-0.3, -0.25) is 0 Å². The van der Waals surface area contributed by atoms with Crippen LogP contribution in [0.4, 0.5) is 0 Å². The Bertz CT molecular complexity index is 548. The van der Waals surface area contributed by atoms with E-state index in [9.17, 15) is 9.59 Å². The van der Waals surface area contributed by atoms with Gasteiger partial charge in [-0.15, -0.1) is 0 Å². The summed E-state index contributed by atoms with van der Waals surface area (Å²) in [5, 5.41) is 0. The van der Waals surface area contributed by atoms with E-state index in [-0.39, 0.29) is 23.8 Å². The zero-order chi connectivity index (χ0) is 25.6. The van der Waals surface area contributed by atoms with Crippen molar-refractivity contribution in [3.05, 3.63) is 11.1 Å². The molecule has 0 saturated carbocycles. The van der Waals surface area contributed by atoms with E-state index >= 15 is 0 Å². The molecular formula is C30H56O4. The van der Waals surface area contributed by atoms with Crippen LogP contribution in [0.1, 0.15) is 144 Å². The van der Waals surface area contributed by atoms with Gasteiger partial charge >= 0.3 is 11.9 Å². The molecule has 0 unspecified atom stereocenters. The van der Waals surface area contributed by atoms with Crippen molar-refractivity contribution in [2.24, 2.45) is 11.8 Å². The van der Waals surface area contributed by atoms with E-state index in [1.807, 2.05) is 27.7 Å². The van der Waals surface area contributed by atoms with Crippen molar-refractivity contribution in [3.63, 3.8) is 0 Å². The minimum Gasteiger partial charge on any atom is -0.462 e. The number of ether oxygens (including phenoxy) is 2. The zero-order valence-corrected chi connectivity index (χ0v) is 23.5. The average molecular weight is 481 g/mol. The maximum atomic E-state index is 13.1. The Morgan fingerprint density at radius 2 is 0.794 bits per heavy atom. The molecule has 0 aliphatic carbocycles. The highest BCUT2D eigenvalue weighted by atomic mass is 16.5. The van der Waals surface area contributed by atoms with E-state index in [0.717, 1.165) is 25.7 Å². The summed E-state index contributed by atoms with van der Waals surface area (Å²) in [5.41, 5.74) is 1.13. The van der Waals surface area contributed by atoms with Gasteiger partial charge in [0.05, 0.1) is 13.2 Å². The molecule has 0 bridgehead atoms. The van der Waals surface area contributed by atoms with Gasteiger partial charge in [-0.1, -0.05) is 119 Å². The molecule has 0 aromatic heterocycles. The van der Waals surface area contributed by atoms with E-state index in [1.54, 1.807) is 0 Å². The fourth-order valence-electron chi connectivity index (χ4n) is 3.93. The molecule has 0 aliphatic heterocycles. The molecule has 200 valence electrons. The Hall–Kier alpha value is -1.32. The van der Waals surface area contributed by atoms with Crippen molar-refractivity contribution in [2.45, 2.75) is 144 Å². The van der Waals surface area contributed by atoms with Crippen molar-refractivity contribution in [2.75, 3.05) is 13.2 Å². The van der Waals surface area contributed by atoms with Crippen LogP contribution >= 0.6 is 0 Å². The number of rotatable bonds is 22. The highest BCUT2D eigenvalue weighted by Crippen LogP contribution is 2.23. The van der Waals surface area contributed by atoms with Gasteiger partial charge in [0.1, 0.15) is 0 Å². The predicted octanol–water partition coefficient (Wildman–Crippen LogP) is 8.96. The van der Waals surface area contributed by atoms with Gasteiger partial charge < -0.3 is 9.47 Å². The Morgan fingerprint density at radius 3 is 1.09 bits per heavy atom. The highest BCUT2D eigenvalue weighted by molar-refractivity contribution is 6.00. The summed E-state index contributed by atoms with van der Waals surface area (Å²) in [7, 11) is 0. The summed E-state index contributed by atoms with van der Waals surface area (Å²) < 4.78 is 11.2. The molecule has 0 aromatic carbocycles. The lowest BCUT2D eigenvalue weighted by molar-refractivity contribution is -0.143. The summed E-state index contributed by atoms with van der Waals surface area (Å²) >= 11 is 0. The highest BCUT2D eigenvalue weighted by Gasteiger charge is 2.23. The lowest BCUT2D eigenvalue weighted by Crippen LogP contribution is -2.20. The second-order valence-electron chi connectivity index (χ2n) is 10.7. The van der Waals surface area contributed by atoms with Crippen LogP contribution < -0.4 is 0 Å². The van der Waals surface area contributed by atoms with Crippen LogP contribution in [0.5, 0.6) is 0 Å². The number of carbonyl (C=O) groups excluding carboxylic acids is 2. The smallest absolute Gasteiger partial charge is 0.334 e. The van der Waals surface area contributed by atoms with Crippen molar-refractivity contribution in [1.82, 2.24) is 0 Å². The SMILES string of the molecule is CCCCCCCCCC/C(C(=O)OCC(C)C)=C(\CCCCCCCC)C(=O)OCC(C)C. The summed E-state index contributed by atoms with van der Waals surface area (Å²) in [4.78, 5) is 26.1. The topological polar surface area (TPSA) is 52.6 Å². The summed E-state index contributed by atoms with van der Waals surface area (Å²) in [6, 6.07) is 0. The molecular weight excluding hydrogens is 424 g/mol. The van der Waals surface area contributed by atoms with Crippen molar-refractivity contribution >= 4 is 11.9 Å². The van der Waals surface area contributed by atoms with Gasteiger partial charge in [0.15, 0.2) is 0 Å². The molecule has 0 spiro atoms. The first-order chi connectivity index (χ1) is 16.3. The zero-order valence-electron chi connectivity index (χ0n) is 23.5. The first kappa shape index (κ1) is 32.7. The lowest BCUT2D eigenvalue weighted by Gasteiger charge is -2.16. The second kappa shape index (κ2) is 22.2. The third-order valence-corrected chi connectivity index (χ3v) is 6.01. The lowest BCUT2D eigenvalue weighted by atomic mass is 9.96. The molecule has 4 nitrogen and oxygen atoms in total. The van der Waals surface area contributed by atoms with E-state index < -0.39 is 0 Å². The minimum atomic E-state index is -0.321. The second-order valence-corrected chi connectivity index (χ2v) is 10.7. The average Bonchev–Trinajstić information content (AvgIpc) is 2.80. The van der Waals surface area contributed by atoms with Crippen LogP contribution in [0.3, 0.4) is 0 Å². The molecule has 0 N–H and O–H groups in total. The monoisotopic (exact) mass is 480 g/mol.